The molecule has 37 heavy (non-hydrogen) atoms. The summed E-state index contributed by atoms with van der Waals surface area (Å²) in [6.07, 6.45) is 11.5. The molecular weight excluding hydrogens is 486 g/mol. The average molecular weight is 530 g/mol. The number of piperidine rings is 1. The summed E-state index contributed by atoms with van der Waals surface area (Å²) in [4.78, 5) is 31.5. The first-order chi connectivity index (χ1) is 17.9. The number of rotatable bonds is 4. The molecule has 1 N–H and O–H groups in total. The SMILES string of the molecule is Cc1ccc(CN2C(=O)CN(C3NC4(CCCCCCCCC4)C(Cl)CC3C)C(=O)[C@H]2C2COC2)cc1. The lowest BCUT2D eigenvalue weighted by Crippen LogP contribution is -2.73. The van der Waals surface area contributed by atoms with Crippen molar-refractivity contribution in [3.63, 3.8) is 0 Å². The van der Waals surface area contributed by atoms with E-state index in [9.17, 15) is 9.59 Å². The molecule has 1 aromatic carbocycles. The highest BCUT2D eigenvalue weighted by molar-refractivity contribution is 6.21. The van der Waals surface area contributed by atoms with E-state index in [4.69, 9.17) is 16.3 Å². The number of alkyl halides is 1. The van der Waals surface area contributed by atoms with Crippen molar-refractivity contribution >= 4 is 23.4 Å². The van der Waals surface area contributed by atoms with Crippen molar-refractivity contribution in [2.24, 2.45) is 11.8 Å². The van der Waals surface area contributed by atoms with Gasteiger partial charge in [-0.25, -0.2) is 0 Å². The lowest BCUT2D eigenvalue weighted by molar-refractivity contribution is -0.173. The second kappa shape index (κ2) is 11.6. The number of aryl methyl sites for hydroxylation is 1. The summed E-state index contributed by atoms with van der Waals surface area (Å²) in [5, 5.41) is 3.99. The van der Waals surface area contributed by atoms with Crippen molar-refractivity contribution in [2.45, 2.75) is 108 Å². The fourth-order valence-electron chi connectivity index (χ4n) is 6.92. The van der Waals surface area contributed by atoms with Crippen molar-refractivity contribution in [1.82, 2.24) is 15.1 Å². The maximum absolute atomic E-state index is 14.2. The molecule has 0 bridgehead atoms. The normalized spacial score (nSPS) is 31.9. The fourth-order valence-corrected chi connectivity index (χ4v) is 7.48. The number of amides is 2. The number of nitrogens with zero attached hydrogens (tertiary/aromatic N) is 2. The zero-order chi connectivity index (χ0) is 26.0. The van der Waals surface area contributed by atoms with E-state index in [1.165, 1.54) is 37.7 Å². The molecule has 3 unspecified atom stereocenters. The Kier molecular flexibility index (Phi) is 8.47. The molecule has 0 aromatic heterocycles. The van der Waals surface area contributed by atoms with Gasteiger partial charge in [-0.15, -0.1) is 11.6 Å². The summed E-state index contributed by atoms with van der Waals surface area (Å²) in [5.74, 6) is 0.320. The highest BCUT2D eigenvalue weighted by Gasteiger charge is 2.52. The second-order valence-electron chi connectivity index (χ2n) is 12.1. The van der Waals surface area contributed by atoms with Crippen LogP contribution in [-0.4, -0.2) is 64.5 Å². The third kappa shape index (κ3) is 5.72. The molecule has 4 aliphatic rings. The van der Waals surface area contributed by atoms with Crippen LogP contribution in [0.25, 0.3) is 0 Å². The van der Waals surface area contributed by atoms with Crippen LogP contribution >= 0.6 is 11.6 Å². The van der Waals surface area contributed by atoms with Gasteiger partial charge in [0.05, 0.1) is 24.8 Å². The molecule has 3 heterocycles. The van der Waals surface area contributed by atoms with Crippen LogP contribution in [0.5, 0.6) is 0 Å². The minimum absolute atomic E-state index is 0.0269. The van der Waals surface area contributed by atoms with Gasteiger partial charge >= 0.3 is 0 Å². The van der Waals surface area contributed by atoms with E-state index in [0.29, 0.717) is 19.8 Å². The zero-order valence-corrected chi connectivity index (χ0v) is 23.3. The number of hydrogen-bond donors (Lipinski definition) is 1. The quantitative estimate of drug-likeness (QED) is 0.557. The van der Waals surface area contributed by atoms with Crippen LogP contribution < -0.4 is 5.32 Å². The highest BCUT2D eigenvalue weighted by atomic mass is 35.5. The Morgan fingerprint density at radius 3 is 2.22 bits per heavy atom. The summed E-state index contributed by atoms with van der Waals surface area (Å²) < 4.78 is 5.50. The third-order valence-corrected chi connectivity index (χ3v) is 9.91. The Labute approximate surface area is 227 Å². The molecule has 5 rings (SSSR count). The number of benzene rings is 1. The van der Waals surface area contributed by atoms with Gasteiger partial charge in [-0.2, -0.15) is 0 Å². The fraction of sp³-hybridized carbons (Fsp3) is 0.733. The highest BCUT2D eigenvalue weighted by Crippen LogP contribution is 2.41. The van der Waals surface area contributed by atoms with Gasteiger partial charge in [0.15, 0.2) is 0 Å². The molecule has 1 aromatic rings. The third-order valence-electron chi connectivity index (χ3n) is 9.32. The van der Waals surface area contributed by atoms with E-state index in [0.717, 1.165) is 37.7 Å². The minimum Gasteiger partial charge on any atom is -0.380 e. The first kappa shape index (κ1) is 27.0. The van der Waals surface area contributed by atoms with E-state index >= 15 is 0 Å². The van der Waals surface area contributed by atoms with E-state index in [1.54, 1.807) is 0 Å². The average Bonchev–Trinajstić information content (AvgIpc) is 2.85. The number of carbonyl (C=O) groups excluding carboxylic acids is 2. The number of halogens is 1. The number of ether oxygens (including phenoxy) is 1. The van der Waals surface area contributed by atoms with Crippen LogP contribution in [0.2, 0.25) is 0 Å². The van der Waals surface area contributed by atoms with Crippen LogP contribution in [0.15, 0.2) is 24.3 Å². The molecule has 3 aliphatic heterocycles. The van der Waals surface area contributed by atoms with Crippen LogP contribution in [0.1, 0.15) is 82.3 Å². The summed E-state index contributed by atoms with van der Waals surface area (Å²) in [6, 6.07) is 7.77. The van der Waals surface area contributed by atoms with Gasteiger partial charge in [-0.05, 0) is 37.7 Å². The molecule has 6 nitrogen and oxygen atoms in total. The number of carbonyl (C=O) groups is 2. The summed E-state index contributed by atoms with van der Waals surface area (Å²) in [6.45, 7) is 5.88. The molecule has 0 radical (unpaired) electrons. The monoisotopic (exact) mass is 529 g/mol. The van der Waals surface area contributed by atoms with Crippen LogP contribution in [-0.2, 0) is 20.9 Å². The van der Waals surface area contributed by atoms with Crippen LogP contribution in [0.4, 0.5) is 0 Å². The molecule has 7 heteroatoms. The molecule has 2 amide bonds. The van der Waals surface area contributed by atoms with Crippen molar-refractivity contribution in [1.29, 1.82) is 0 Å². The molecule has 1 saturated carbocycles. The van der Waals surface area contributed by atoms with Crippen molar-refractivity contribution in [3.8, 4) is 0 Å². The first-order valence-corrected chi connectivity index (χ1v) is 15.0. The maximum atomic E-state index is 14.2. The van der Waals surface area contributed by atoms with E-state index < -0.39 is 6.04 Å². The largest absolute Gasteiger partial charge is 0.380 e. The van der Waals surface area contributed by atoms with Gasteiger partial charge in [0.1, 0.15) is 12.6 Å². The number of hydrogen-bond acceptors (Lipinski definition) is 4. The zero-order valence-electron chi connectivity index (χ0n) is 22.6. The Balaban J connectivity index is 1.38. The van der Waals surface area contributed by atoms with Gasteiger partial charge in [-0.1, -0.05) is 81.7 Å². The van der Waals surface area contributed by atoms with Gasteiger partial charge in [0.25, 0.3) is 0 Å². The minimum atomic E-state index is -0.473. The molecule has 1 aliphatic carbocycles. The standard InChI is InChI=1S/C30H44ClN3O3/c1-21-10-12-23(13-11-21)17-33-26(35)18-34(29(36)27(33)24-19-37-20-24)28-22(2)16-25(31)30(32-28)14-8-6-4-3-5-7-9-15-30/h10-13,22,24-25,27-28,32H,3-9,14-20H2,1-2H3/t22?,25?,27-,28?/m1/s1. The first-order valence-electron chi connectivity index (χ1n) is 14.5. The number of nitrogens with one attached hydrogen (secondary N) is 1. The Bertz CT molecular complexity index is 940. The predicted molar refractivity (Wildman–Crippen MR) is 146 cm³/mol. The lowest BCUT2D eigenvalue weighted by Gasteiger charge is -2.54. The van der Waals surface area contributed by atoms with Crippen LogP contribution in [0, 0.1) is 18.8 Å². The van der Waals surface area contributed by atoms with Gasteiger partial charge in [-0.3, -0.25) is 14.9 Å². The van der Waals surface area contributed by atoms with Crippen molar-refractivity contribution in [3.05, 3.63) is 35.4 Å². The van der Waals surface area contributed by atoms with Crippen molar-refractivity contribution < 1.29 is 14.3 Å². The van der Waals surface area contributed by atoms with Gasteiger partial charge < -0.3 is 14.5 Å². The van der Waals surface area contributed by atoms with Gasteiger partial charge in [0.2, 0.25) is 11.8 Å². The molecule has 4 fully saturated rings. The van der Waals surface area contributed by atoms with Gasteiger partial charge in [0, 0.05) is 18.0 Å². The molecule has 204 valence electrons. The Hall–Kier alpha value is -1.63. The Morgan fingerprint density at radius 2 is 1.62 bits per heavy atom. The topological polar surface area (TPSA) is 61.9 Å². The predicted octanol–water partition coefficient (Wildman–Crippen LogP) is 5.01. The van der Waals surface area contributed by atoms with E-state index in [1.807, 2.05) is 9.80 Å². The molecule has 3 saturated heterocycles. The lowest BCUT2D eigenvalue weighted by atomic mass is 9.75. The smallest absolute Gasteiger partial charge is 0.247 e. The Morgan fingerprint density at radius 1 is 1.00 bits per heavy atom. The van der Waals surface area contributed by atoms with Crippen molar-refractivity contribution in [2.75, 3.05) is 19.8 Å². The number of piperazine rings is 1. The second-order valence-corrected chi connectivity index (χ2v) is 12.6. The maximum Gasteiger partial charge on any atom is 0.247 e. The summed E-state index contributed by atoms with van der Waals surface area (Å²) >= 11 is 7.11. The van der Waals surface area contributed by atoms with E-state index in [2.05, 4.69) is 43.4 Å². The summed E-state index contributed by atoms with van der Waals surface area (Å²) in [5.41, 5.74) is 2.07. The molecule has 4 atom stereocenters. The molecule has 1 spiro atoms. The van der Waals surface area contributed by atoms with Crippen LogP contribution in [0.3, 0.4) is 0 Å². The van der Waals surface area contributed by atoms with E-state index in [-0.39, 0.29) is 47.3 Å². The molecular formula is C30H44ClN3O3. The summed E-state index contributed by atoms with van der Waals surface area (Å²) in [7, 11) is 0.